The van der Waals surface area contributed by atoms with Gasteiger partial charge in [0.05, 0.1) is 19.2 Å². The largest absolute Gasteiger partial charge is 0.508 e. The molecule has 0 aromatic heterocycles. The van der Waals surface area contributed by atoms with Crippen molar-refractivity contribution in [3.63, 3.8) is 0 Å². The molecule has 1 aromatic rings. The standard InChI is InChI=1S/C27H39N7O8/c1-15(31-22(37)12-28)24(39)30-13-23(38)34-14-18(36)11-21(34)27(42)33-9-3-4-20(33)26(41)32-19(25(40)29-2)10-16-5-7-17(35)8-6-16/h5-8,15,18-21,35-36H,3-4,9-14,28H2,1-2H3,(H,29,40)(H,30,39)(H,31,37)(H,32,41). The van der Waals surface area contributed by atoms with E-state index < -0.39 is 72.3 Å². The number of aromatic hydroxyl groups is 1. The Morgan fingerprint density at radius 3 is 2.36 bits per heavy atom. The molecule has 6 amide bonds. The predicted molar refractivity (Wildman–Crippen MR) is 148 cm³/mol. The van der Waals surface area contributed by atoms with E-state index in [1.54, 1.807) is 12.1 Å². The highest BCUT2D eigenvalue weighted by atomic mass is 16.3. The van der Waals surface area contributed by atoms with Gasteiger partial charge in [-0.3, -0.25) is 28.8 Å². The molecule has 0 saturated carbocycles. The third-order valence-corrected chi connectivity index (χ3v) is 7.35. The fourth-order valence-corrected chi connectivity index (χ4v) is 5.12. The van der Waals surface area contributed by atoms with Crippen LogP contribution in [0.25, 0.3) is 0 Å². The topological polar surface area (TPSA) is 224 Å². The van der Waals surface area contributed by atoms with E-state index in [2.05, 4.69) is 21.3 Å². The van der Waals surface area contributed by atoms with E-state index in [9.17, 15) is 39.0 Å². The number of likely N-dealkylation sites (N-methyl/N-ethyl adjacent to an activating group) is 1. The summed E-state index contributed by atoms with van der Waals surface area (Å²) in [5.74, 6) is -3.17. The first-order valence-corrected chi connectivity index (χ1v) is 13.8. The average Bonchev–Trinajstić information content (AvgIpc) is 3.62. The van der Waals surface area contributed by atoms with Gasteiger partial charge in [0.2, 0.25) is 35.4 Å². The normalized spacial score (nSPS) is 21.3. The lowest BCUT2D eigenvalue weighted by Crippen LogP contribution is -2.56. The zero-order chi connectivity index (χ0) is 31.0. The predicted octanol–water partition coefficient (Wildman–Crippen LogP) is -3.30. The highest BCUT2D eigenvalue weighted by Crippen LogP contribution is 2.25. The molecule has 5 unspecified atom stereocenters. The summed E-state index contributed by atoms with van der Waals surface area (Å²) in [4.78, 5) is 78.7. The summed E-state index contributed by atoms with van der Waals surface area (Å²) in [6.07, 6.45) is 0.0258. The number of hydrogen-bond acceptors (Lipinski definition) is 9. The van der Waals surface area contributed by atoms with E-state index in [0.29, 0.717) is 18.4 Å². The Kier molecular flexibility index (Phi) is 11.2. The van der Waals surface area contributed by atoms with Gasteiger partial charge in [-0.05, 0) is 37.5 Å². The molecule has 0 spiro atoms. The number of benzene rings is 1. The highest BCUT2D eigenvalue weighted by molar-refractivity contribution is 5.96. The van der Waals surface area contributed by atoms with Gasteiger partial charge in [0, 0.05) is 33.0 Å². The molecule has 0 radical (unpaired) electrons. The second-order valence-electron chi connectivity index (χ2n) is 10.4. The maximum atomic E-state index is 13.6. The third kappa shape index (κ3) is 8.16. The van der Waals surface area contributed by atoms with E-state index in [0.717, 1.165) is 0 Å². The van der Waals surface area contributed by atoms with Crippen molar-refractivity contribution in [3.8, 4) is 5.75 Å². The summed E-state index contributed by atoms with van der Waals surface area (Å²) in [5.41, 5.74) is 5.93. The molecule has 15 nitrogen and oxygen atoms in total. The fourth-order valence-electron chi connectivity index (χ4n) is 5.12. The van der Waals surface area contributed by atoms with Crippen molar-refractivity contribution in [2.24, 2.45) is 5.73 Å². The zero-order valence-corrected chi connectivity index (χ0v) is 23.7. The number of nitrogens with zero attached hydrogens (tertiary/aromatic N) is 2. The summed E-state index contributed by atoms with van der Waals surface area (Å²) in [6.45, 7) is 0.792. The molecular weight excluding hydrogens is 550 g/mol. The number of carbonyl (C=O) groups is 6. The van der Waals surface area contributed by atoms with Crippen molar-refractivity contribution in [3.05, 3.63) is 29.8 Å². The van der Waals surface area contributed by atoms with Crippen LogP contribution in [-0.2, 0) is 35.2 Å². The molecular formula is C27H39N7O8. The van der Waals surface area contributed by atoms with Crippen LogP contribution in [0.4, 0.5) is 0 Å². The van der Waals surface area contributed by atoms with Gasteiger partial charge in [-0.15, -0.1) is 0 Å². The molecule has 230 valence electrons. The fraction of sp³-hybridized carbons (Fsp3) is 0.556. The molecule has 2 aliphatic heterocycles. The molecule has 1 aromatic carbocycles. The van der Waals surface area contributed by atoms with E-state index in [-0.39, 0.29) is 38.2 Å². The van der Waals surface area contributed by atoms with Crippen LogP contribution in [0.5, 0.6) is 5.75 Å². The van der Waals surface area contributed by atoms with Crippen molar-refractivity contribution in [1.29, 1.82) is 0 Å². The first-order chi connectivity index (χ1) is 19.9. The van der Waals surface area contributed by atoms with Gasteiger partial charge in [0.15, 0.2) is 0 Å². The molecule has 2 heterocycles. The van der Waals surface area contributed by atoms with Crippen molar-refractivity contribution < 1.29 is 39.0 Å². The number of aliphatic hydroxyl groups excluding tert-OH is 1. The van der Waals surface area contributed by atoms with Gasteiger partial charge in [-0.1, -0.05) is 12.1 Å². The molecule has 0 bridgehead atoms. The first-order valence-electron chi connectivity index (χ1n) is 13.8. The van der Waals surface area contributed by atoms with E-state index in [1.807, 2.05) is 0 Å². The second-order valence-corrected chi connectivity index (χ2v) is 10.4. The van der Waals surface area contributed by atoms with Crippen LogP contribution < -0.4 is 27.0 Å². The molecule has 15 heteroatoms. The molecule has 2 aliphatic rings. The molecule has 5 atom stereocenters. The number of hydrogen-bond donors (Lipinski definition) is 7. The Labute approximate surface area is 243 Å². The summed E-state index contributed by atoms with van der Waals surface area (Å²) < 4.78 is 0. The Hall–Kier alpha value is -4.24. The minimum absolute atomic E-state index is 0.0337. The minimum Gasteiger partial charge on any atom is -0.508 e. The van der Waals surface area contributed by atoms with Gasteiger partial charge in [0.1, 0.15) is 29.9 Å². The van der Waals surface area contributed by atoms with Crippen LogP contribution in [0.15, 0.2) is 24.3 Å². The Morgan fingerprint density at radius 2 is 1.71 bits per heavy atom. The Morgan fingerprint density at radius 1 is 1.02 bits per heavy atom. The Bertz CT molecular complexity index is 1180. The second kappa shape index (κ2) is 14.6. The number of β-amino-alcohol motifs (C(OH)–C–C–N with tert-alkyl or cyclic N) is 1. The summed E-state index contributed by atoms with van der Waals surface area (Å²) in [6, 6.07) is 2.43. The smallest absolute Gasteiger partial charge is 0.246 e. The van der Waals surface area contributed by atoms with Crippen LogP contribution in [0.1, 0.15) is 31.7 Å². The molecule has 2 fully saturated rings. The maximum absolute atomic E-state index is 13.6. The van der Waals surface area contributed by atoms with Crippen molar-refractivity contribution in [2.45, 2.75) is 62.9 Å². The number of nitrogens with one attached hydrogen (secondary N) is 4. The number of carbonyl (C=O) groups excluding carboxylic acids is 6. The van der Waals surface area contributed by atoms with Gasteiger partial charge in [-0.2, -0.15) is 0 Å². The molecule has 42 heavy (non-hydrogen) atoms. The molecule has 2 saturated heterocycles. The summed E-state index contributed by atoms with van der Waals surface area (Å²) >= 11 is 0. The zero-order valence-electron chi connectivity index (χ0n) is 23.7. The van der Waals surface area contributed by atoms with E-state index in [1.165, 1.54) is 35.9 Å². The van der Waals surface area contributed by atoms with Gasteiger partial charge >= 0.3 is 0 Å². The van der Waals surface area contributed by atoms with Crippen molar-refractivity contribution in [1.82, 2.24) is 31.1 Å². The molecule has 8 N–H and O–H groups in total. The molecule has 0 aliphatic carbocycles. The number of amides is 6. The number of phenolic OH excluding ortho intramolecular Hbond substituents is 1. The van der Waals surface area contributed by atoms with Crippen LogP contribution in [0, 0.1) is 0 Å². The lowest BCUT2D eigenvalue weighted by Gasteiger charge is -2.31. The van der Waals surface area contributed by atoms with Crippen LogP contribution >= 0.6 is 0 Å². The first kappa shape index (κ1) is 32.3. The van der Waals surface area contributed by atoms with Crippen LogP contribution in [-0.4, -0.2) is 119 Å². The van der Waals surface area contributed by atoms with Gasteiger partial charge in [0.25, 0.3) is 0 Å². The number of phenols is 1. The van der Waals surface area contributed by atoms with E-state index >= 15 is 0 Å². The lowest BCUT2D eigenvalue weighted by atomic mass is 10.0. The summed E-state index contributed by atoms with van der Waals surface area (Å²) in [7, 11) is 1.44. The molecule has 3 rings (SSSR count). The number of nitrogens with two attached hydrogens (primary N) is 1. The van der Waals surface area contributed by atoms with Crippen molar-refractivity contribution >= 4 is 35.4 Å². The third-order valence-electron chi connectivity index (χ3n) is 7.35. The number of likely N-dealkylation sites (tertiary alicyclic amines) is 2. The SMILES string of the molecule is CNC(=O)C(Cc1ccc(O)cc1)NC(=O)C1CCCN1C(=O)C1CC(O)CN1C(=O)CNC(=O)C(C)NC(=O)CN. The monoisotopic (exact) mass is 589 g/mol. The summed E-state index contributed by atoms with van der Waals surface area (Å²) in [5, 5.41) is 29.9. The highest BCUT2D eigenvalue weighted by Gasteiger charge is 2.45. The van der Waals surface area contributed by atoms with Crippen LogP contribution in [0.3, 0.4) is 0 Å². The minimum atomic E-state index is -1.04. The average molecular weight is 590 g/mol. The maximum Gasteiger partial charge on any atom is 0.246 e. The van der Waals surface area contributed by atoms with Gasteiger partial charge < -0.3 is 47.0 Å². The van der Waals surface area contributed by atoms with Gasteiger partial charge in [-0.25, -0.2) is 0 Å². The van der Waals surface area contributed by atoms with Crippen LogP contribution in [0.2, 0.25) is 0 Å². The van der Waals surface area contributed by atoms with E-state index in [4.69, 9.17) is 5.73 Å². The quantitative estimate of drug-likeness (QED) is 0.137. The lowest BCUT2D eigenvalue weighted by molar-refractivity contribution is -0.146. The van der Waals surface area contributed by atoms with Crippen molar-refractivity contribution in [2.75, 3.05) is 33.2 Å². The number of aliphatic hydroxyl groups is 1. The Balaban J connectivity index is 1.65. The number of rotatable bonds is 11.